The van der Waals surface area contributed by atoms with Crippen LogP contribution in [0.15, 0.2) is 36.4 Å². The van der Waals surface area contributed by atoms with Crippen LogP contribution < -0.4 is 9.64 Å². The maximum absolute atomic E-state index is 12.5. The molecule has 25 heavy (non-hydrogen) atoms. The molecule has 0 saturated carbocycles. The van der Waals surface area contributed by atoms with Crippen LogP contribution in [-0.2, 0) is 9.59 Å². The quantitative estimate of drug-likeness (QED) is 0.581. The molecule has 1 saturated heterocycles. The van der Waals surface area contributed by atoms with Crippen LogP contribution in [0.2, 0.25) is 10.0 Å². The Labute approximate surface area is 156 Å². The van der Waals surface area contributed by atoms with E-state index >= 15 is 0 Å². The normalized spacial score (nSPS) is 17.0. The molecule has 1 heterocycles. The Hall–Kier alpha value is -2.04. The van der Waals surface area contributed by atoms with Crippen molar-refractivity contribution >= 4 is 40.8 Å². The predicted molar refractivity (Wildman–Crippen MR) is 98.5 cm³/mol. The number of benzene rings is 2. The Morgan fingerprint density at radius 2 is 1.76 bits per heavy atom. The molecule has 0 N–H and O–H groups in total. The van der Waals surface area contributed by atoms with Crippen molar-refractivity contribution in [3.8, 4) is 5.75 Å². The summed E-state index contributed by atoms with van der Waals surface area (Å²) < 4.78 is 5.57. The van der Waals surface area contributed by atoms with Gasteiger partial charge in [-0.15, -0.1) is 0 Å². The first-order valence-corrected chi connectivity index (χ1v) is 8.66. The van der Waals surface area contributed by atoms with Gasteiger partial charge in [-0.2, -0.15) is 0 Å². The zero-order chi connectivity index (χ0) is 18.1. The Morgan fingerprint density at radius 3 is 2.44 bits per heavy atom. The molecule has 1 fully saturated rings. The second kappa shape index (κ2) is 7.06. The molecule has 0 unspecified atom stereocenters. The summed E-state index contributed by atoms with van der Waals surface area (Å²) in [6.07, 6.45) is 0.0899. The topological polar surface area (TPSA) is 46.6 Å². The molecule has 0 radical (unpaired) electrons. The molecular weight excluding hydrogens is 361 g/mol. The first-order valence-electron chi connectivity index (χ1n) is 7.90. The number of amides is 1. The Bertz CT molecular complexity index is 830. The second-order valence-electron chi connectivity index (χ2n) is 6.12. The molecule has 1 amide bonds. The van der Waals surface area contributed by atoms with Crippen LogP contribution >= 0.6 is 23.2 Å². The van der Waals surface area contributed by atoms with Crippen molar-refractivity contribution in [1.82, 2.24) is 0 Å². The molecule has 0 bridgehead atoms. The number of hydrogen-bond donors (Lipinski definition) is 0. The van der Waals surface area contributed by atoms with E-state index < -0.39 is 11.9 Å². The van der Waals surface area contributed by atoms with Crippen LogP contribution in [0.1, 0.15) is 17.5 Å². The lowest BCUT2D eigenvalue weighted by Gasteiger charge is -2.18. The molecule has 4 nitrogen and oxygen atoms in total. The van der Waals surface area contributed by atoms with Crippen molar-refractivity contribution in [3.05, 3.63) is 57.6 Å². The Balaban J connectivity index is 1.78. The zero-order valence-corrected chi connectivity index (χ0v) is 15.4. The summed E-state index contributed by atoms with van der Waals surface area (Å²) in [5, 5.41) is 0.676. The molecule has 0 aromatic heterocycles. The number of ether oxygens (including phenoxy) is 1. The van der Waals surface area contributed by atoms with Crippen molar-refractivity contribution < 1.29 is 14.3 Å². The van der Waals surface area contributed by atoms with Crippen molar-refractivity contribution in [2.75, 3.05) is 11.4 Å². The smallest absolute Gasteiger partial charge is 0.316 e. The first kappa shape index (κ1) is 17.8. The number of anilines is 1. The molecule has 0 aliphatic carbocycles. The van der Waals surface area contributed by atoms with Crippen molar-refractivity contribution in [1.29, 1.82) is 0 Å². The van der Waals surface area contributed by atoms with Gasteiger partial charge in [0.2, 0.25) is 5.91 Å². The minimum atomic E-state index is -0.540. The molecule has 6 heteroatoms. The summed E-state index contributed by atoms with van der Waals surface area (Å²) in [5.41, 5.74) is 2.28. The number of hydrogen-bond acceptors (Lipinski definition) is 3. The maximum atomic E-state index is 12.5. The average Bonchev–Trinajstić information content (AvgIpc) is 2.95. The minimum Gasteiger partial charge on any atom is -0.426 e. The van der Waals surface area contributed by atoms with Crippen LogP contribution in [0.5, 0.6) is 5.75 Å². The number of halogens is 2. The molecular formula is C19H17Cl2NO3. The number of rotatable bonds is 3. The second-order valence-corrected chi connectivity index (χ2v) is 6.91. The van der Waals surface area contributed by atoms with Gasteiger partial charge in [0, 0.05) is 13.0 Å². The first-order chi connectivity index (χ1) is 11.9. The van der Waals surface area contributed by atoms with E-state index in [2.05, 4.69) is 0 Å². The molecule has 0 spiro atoms. The third kappa shape index (κ3) is 3.51. The van der Waals surface area contributed by atoms with Gasteiger partial charge < -0.3 is 9.64 Å². The molecule has 130 valence electrons. The summed E-state index contributed by atoms with van der Waals surface area (Å²) in [6, 6.07) is 10.8. The molecule has 1 atom stereocenters. The van der Waals surface area contributed by atoms with Gasteiger partial charge in [0.25, 0.3) is 0 Å². The summed E-state index contributed by atoms with van der Waals surface area (Å²) in [4.78, 5) is 26.4. The monoisotopic (exact) mass is 377 g/mol. The van der Waals surface area contributed by atoms with E-state index in [1.165, 1.54) is 4.90 Å². The van der Waals surface area contributed by atoms with Gasteiger partial charge in [-0.05, 0) is 37.1 Å². The van der Waals surface area contributed by atoms with Gasteiger partial charge >= 0.3 is 5.97 Å². The lowest BCUT2D eigenvalue weighted by molar-refractivity contribution is -0.139. The fourth-order valence-corrected chi connectivity index (χ4v) is 3.34. The highest BCUT2D eigenvalue weighted by Crippen LogP contribution is 2.36. The Morgan fingerprint density at radius 1 is 1.12 bits per heavy atom. The number of para-hydroxylation sites is 1. The van der Waals surface area contributed by atoms with E-state index in [1.54, 1.807) is 18.2 Å². The van der Waals surface area contributed by atoms with Crippen LogP contribution in [0.4, 0.5) is 5.69 Å². The van der Waals surface area contributed by atoms with Crippen LogP contribution in [0, 0.1) is 19.8 Å². The fraction of sp³-hybridized carbons (Fsp3) is 0.263. The molecule has 2 aromatic carbocycles. The number of carbonyl (C=O) groups excluding carboxylic acids is 2. The highest BCUT2D eigenvalue weighted by molar-refractivity contribution is 6.44. The van der Waals surface area contributed by atoms with Crippen molar-refractivity contribution in [2.45, 2.75) is 20.3 Å². The third-order valence-corrected chi connectivity index (χ3v) is 5.10. The number of nitrogens with zero attached hydrogens (tertiary/aromatic N) is 1. The van der Waals surface area contributed by atoms with E-state index in [9.17, 15) is 9.59 Å². The SMILES string of the molecule is Cc1cccc(C)c1OC(=O)[C@@H]1CC(=O)N(c2cccc(Cl)c2Cl)C1. The summed E-state index contributed by atoms with van der Waals surface area (Å²) in [6.45, 7) is 3.99. The van der Waals surface area contributed by atoms with E-state index in [0.29, 0.717) is 21.5 Å². The van der Waals surface area contributed by atoms with E-state index in [0.717, 1.165) is 11.1 Å². The average molecular weight is 378 g/mol. The summed E-state index contributed by atoms with van der Waals surface area (Å²) >= 11 is 12.2. The number of aryl methyl sites for hydroxylation is 2. The summed E-state index contributed by atoms with van der Waals surface area (Å²) in [7, 11) is 0. The predicted octanol–water partition coefficient (Wildman–Crippen LogP) is 4.57. The third-order valence-electron chi connectivity index (χ3n) is 4.29. The molecule has 2 aromatic rings. The highest BCUT2D eigenvalue weighted by Gasteiger charge is 2.37. The molecule has 3 rings (SSSR count). The summed E-state index contributed by atoms with van der Waals surface area (Å²) in [5.74, 6) is -0.570. The van der Waals surface area contributed by atoms with E-state index in [4.69, 9.17) is 27.9 Å². The van der Waals surface area contributed by atoms with E-state index in [1.807, 2.05) is 32.0 Å². The van der Waals surface area contributed by atoms with Crippen LogP contribution in [0.3, 0.4) is 0 Å². The van der Waals surface area contributed by atoms with Gasteiger partial charge in [0.1, 0.15) is 5.75 Å². The zero-order valence-electron chi connectivity index (χ0n) is 13.9. The molecule has 1 aliphatic rings. The van der Waals surface area contributed by atoms with Gasteiger partial charge in [-0.3, -0.25) is 9.59 Å². The van der Waals surface area contributed by atoms with Gasteiger partial charge in [0.05, 0.1) is 21.7 Å². The van der Waals surface area contributed by atoms with E-state index in [-0.39, 0.29) is 18.9 Å². The number of carbonyl (C=O) groups is 2. The van der Waals surface area contributed by atoms with Crippen LogP contribution in [-0.4, -0.2) is 18.4 Å². The van der Waals surface area contributed by atoms with Crippen LogP contribution in [0.25, 0.3) is 0 Å². The largest absolute Gasteiger partial charge is 0.426 e. The maximum Gasteiger partial charge on any atom is 0.316 e. The standard InChI is InChI=1S/C19H17Cl2NO3/c1-11-5-3-6-12(2)18(11)25-19(24)13-9-16(23)22(10-13)15-8-4-7-14(20)17(15)21/h3-8,13H,9-10H2,1-2H3/t13-/m1/s1. The highest BCUT2D eigenvalue weighted by atomic mass is 35.5. The van der Waals surface area contributed by atoms with Gasteiger partial charge in [0.15, 0.2) is 0 Å². The lowest BCUT2D eigenvalue weighted by Crippen LogP contribution is -2.27. The van der Waals surface area contributed by atoms with Crippen molar-refractivity contribution in [2.24, 2.45) is 5.92 Å². The molecule has 1 aliphatic heterocycles. The van der Waals surface area contributed by atoms with Gasteiger partial charge in [-0.1, -0.05) is 47.5 Å². The van der Waals surface area contributed by atoms with Crippen molar-refractivity contribution in [3.63, 3.8) is 0 Å². The van der Waals surface area contributed by atoms with Gasteiger partial charge in [-0.25, -0.2) is 0 Å². The fourth-order valence-electron chi connectivity index (χ4n) is 2.94. The number of esters is 1. The Kier molecular flexibility index (Phi) is 5.02. The minimum absolute atomic E-state index is 0.0899. The lowest BCUT2D eigenvalue weighted by atomic mass is 10.1.